The average molecular weight is 747 g/mol. The molecular formula is C34H41F3N8O6S. The first kappa shape index (κ1) is 38.3. The molecule has 3 N–H and O–H groups in total. The Bertz CT molecular complexity index is 1930. The monoisotopic (exact) mass is 746 g/mol. The summed E-state index contributed by atoms with van der Waals surface area (Å²) in [6, 6.07) is 5.79. The lowest BCUT2D eigenvalue weighted by Gasteiger charge is -2.34. The smallest absolute Gasteiger partial charge is 0.421 e. The molecule has 3 heterocycles. The number of benzene rings is 1. The Morgan fingerprint density at radius 1 is 1.00 bits per heavy atom. The highest BCUT2D eigenvalue weighted by atomic mass is 32.2. The summed E-state index contributed by atoms with van der Waals surface area (Å²) in [5.74, 6) is -1.26. The number of alkyl halides is 3. The van der Waals surface area contributed by atoms with Crippen molar-refractivity contribution in [3.05, 3.63) is 59.9 Å². The number of nitrogens with zero attached hydrogens (tertiary/aromatic N) is 5. The molecule has 52 heavy (non-hydrogen) atoms. The Morgan fingerprint density at radius 2 is 1.69 bits per heavy atom. The lowest BCUT2D eigenvalue weighted by molar-refractivity contribution is -0.139. The lowest BCUT2D eigenvalue weighted by atomic mass is 9.98. The van der Waals surface area contributed by atoms with Gasteiger partial charge in [-0.05, 0) is 50.3 Å². The fourth-order valence-corrected chi connectivity index (χ4v) is 6.79. The van der Waals surface area contributed by atoms with E-state index in [1.54, 1.807) is 13.0 Å². The highest BCUT2D eigenvalue weighted by molar-refractivity contribution is 7.88. The van der Waals surface area contributed by atoms with E-state index in [1.165, 1.54) is 47.6 Å². The first-order valence-corrected chi connectivity index (χ1v) is 18.4. The molecule has 0 unspecified atom stereocenters. The molecule has 14 nitrogen and oxygen atoms in total. The van der Waals surface area contributed by atoms with E-state index in [0.29, 0.717) is 23.0 Å². The number of sulfonamides is 1. The molecule has 1 aliphatic carbocycles. The zero-order chi connectivity index (χ0) is 37.8. The standard InChI is InChI=1S/C34H41F3N8O6S/c1-20-18-38-29(50-4)17-27(20)42-33-39-19-25(34(35,36)37)30(43-33)40-26-11-10-24(16-28(26)41-31(46)21(2)23-8-6-7-9-23)51-22(3)32(47)44-12-14-45(15-13-44)52(5,48)49/h10-11,16-19,22-23H,2,6-9,12-15H2,1,3-5H3,(H,41,46)(H2,38,39,40,42,43)/t22-/m1/s1. The summed E-state index contributed by atoms with van der Waals surface area (Å²) in [5, 5.41) is 8.39. The molecule has 0 radical (unpaired) electrons. The number of carbonyl (C=O) groups excluding carboxylic acids is 2. The minimum Gasteiger partial charge on any atom is -0.481 e. The SMILES string of the molecule is C=C(C(=O)Nc1cc(O[C@H](C)C(=O)N2CCN(S(C)(=O)=O)CC2)ccc1Nc1nc(Nc2cc(OC)ncc2C)ncc1C(F)(F)F)C1CCCC1. The first-order valence-electron chi connectivity index (χ1n) is 16.6. The number of methoxy groups -OCH3 is 1. The molecule has 1 aliphatic heterocycles. The van der Waals surface area contributed by atoms with Gasteiger partial charge in [0.25, 0.3) is 11.8 Å². The van der Waals surface area contributed by atoms with Crippen LogP contribution in [-0.4, -0.2) is 90.0 Å². The van der Waals surface area contributed by atoms with Crippen LogP contribution in [0.5, 0.6) is 11.6 Å². The molecule has 0 spiro atoms. The maximum absolute atomic E-state index is 14.2. The number of piperazine rings is 1. The molecule has 1 aromatic carbocycles. The maximum Gasteiger partial charge on any atom is 0.421 e. The zero-order valence-corrected chi connectivity index (χ0v) is 30.0. The third-order valence-corrected chi connectivity index (χ3v) is 10.2. The number of anilines is 5. The van der Waals surface area contributed by atoms with Gasteiger partial charge in [-0.1, -0.05) is 19.4 Å². The van der Waals surface area contributed by atoms with Crippen LogP contribution in [0.1, 0.15) is 43.7 Å². The van der Waals surface area contributed by atoms with Crippen LogP contribution in [-0.2, 0) is 25.8 Å². The molecule has 2 fully saturated rings. The van der Waals surface area contributed by atoms with Crippen molar-refractivity contribution in [3.8, 4) is 11.6 Å². The van der Waals surface area contributed by atoms with Crippen molar-refractivity contribution in [3.63, 3.8) is 0 Å². The summed E-state index contributed by atoms with van der Waals surface area (Å²) in [6.07, 6.45) is 0.935. The van der Waals surface area contributed by atoms with Gasteiger partial charge in [-0.15, -0.1) is 0 Å². The van der Waals surface area contributed by atoms with Gasteiger partial charge < -0.3 is 30.3 Å². The summed E-state index contributed by atoms with van der Waals surface area (Å²) in [5.41, 5.74) is 0.403. The van der Waals surface area contributed by atoms with Gasteiger partial charge in [-0.25, -0.2) is 18.4 Å². The Balaban J connectivity index is 1.43. The second-order valence-electron chi connectivity index (χ2n) is 12.7. The van der Waals surface area contributed by atoms with Crippen molar-refractivity contribution in [2.24, 2.45) is 5.92 Å². The molecule has 18 heteroatoms. The lowest BCUT2D eigenvalue weighted by Crippen LogP contribution is -2.53. The Kier molecular flexibility index (Phi) is 11.6. The largest absolute Gasteiger partial charge is 0.481 e. The number of ether oxygens (including phenoxy) is 2. The number of halogens is 3. The van der Waals surface area contributed by atoms with Crippen LogP contribution in [0.25, 0.3) is 0 Å². The van der Waals surface area contributed by atoms with Crippen LogP contribution in [0.2, 0.25) is 0 Å². The zero-order valence-electron chi connectivity index (χ0n) is 29.2. The second kappa shape index (κ2) is 15.7. The van der Waals surface area contributed by atoms with E-state index in [0.717, 1.165) is 31.9 Å². The molecule has 5 rings (SSSR count). The van der Waals surface area contributed by atoms with Gasteiger partial charge in [-0.2, -0.15) is 22.5 Å². The molecule has 1 saturated heterocycles. The molecule has 0 bridgehead atoms. The third-order valence-electron chi connectivity index (χ3n) is 8.94. The molecule has 280 valence electrons. The topological polar surface area (TPSA) is 168 Å². The molecule has 3 aromatic rings. The normalized spacial score (nSPS) is 16.2. The second-order valence-corrected chi connectivity index (χ2v) is 14.6. The van der Waals surface area contributed by atoms with Gasteiger partial charge in [0.15, 0.2) is 6.10 Å². The minimum absolute atomic E-state index is 0.0285. The van der Waals surface area contributed by atoms with Crippen LogP contribution in [0.3, 0.4) is 0 Å². The number of aryl methyl sites for hydroxylation is 1. The Labute approximate surface area is 299 Å². The summed E-state index contributed by atoms with van der Waals surface area (Å²) in [4.78, 5) is 40.2. The number of carbonyl (C=O) groups is 2. The van der Waals surface area contributed by atoms with E-state index in [9.17, 15) is 31.2 Å². The molecule has 1 atom stereocenters. The van der Waals surface area contributed by atoms with Crippen molar-refractivity contribution in [1.29, 1.82) is 0 Å². The van der Waals surface area contributed by atoms with Gasteiger partial charge in [0.1, 0.15) is 17.1 Å². The Hall–Kier alpha value is -4.97. The number of pyridine rings is 1. The van der Waals surface area contributed by atoms with Crippen LogP contribution in [0.15, 0.2) is 48.8 Å². The summed E-state index contributed by atoms with van der Waals surface area (Å²) < 4.78 is 78.9. The number of rotatable bonds is 12. The Morgan fingerprint density at radius 3 is 2.33 bits per heavy atom. The minimum atomic E-state index is -4.84. The van der Waals surface area contributed by atoms with Gasteiger partial charge in [0, 0.05) is 56.3 Å². The molecule has 2 aliphatic rings. The van der Waals surface area contributed by atoms with E-state index < -0.39 is 39.6 Å². The number of aromatic nitrogens is 3. The molecule has 2 amide bonds. The quantitative estimate of drug-likeness (QED) is 0.207. The van der Waals surface area contributed by atoms with E-state index in [1.807, 2.05) is 0 Å². The van der Waals surface area contributed by atoms with Gasteiger partial charge in [-0.3, -0.25) is 9.59 Å². The predicted octanol–water partition coefficient (Wildman–Crippen LogP) is 5.25. The van der Waals surface area contributed by atoms with Crippen molar-refractivity contribution >= 4 is 50.7 Å². The van der Waals surface area contributed by atoms with Crippen molar-refractivity contribution in [1.82, 2.24) is 24.2 Å². The van der Waals surface area contributed by atoms with Crippen LogP contribution in [0, 0.1) is 12.8 Å². The number of hydrogen-bond acceptors (Lipinski definition) is 11. The van der Waals surface area contributed by atoms with E-state index in [4.69, 9.17) is 9.47 Å². The first-order chi connectivity index (χ1) is 24.5. The van der Waals surface area contributed by atoms with Crippen LogP contribution >= 0.6 is 0 Å². The fourth-order valence-electron chi connectivity index (χ4n) is 5.97. The number of nitrogens with one attached hydrogen (secondary N) is 3. The average Bonchev–Trinajstić information content (AvgIpc) is 3.64. The molecule has 1 saturated carbocycles. The molecular weight excluding hydrogens is 705 g/mol. The highest BCUT2D eigenvalue weighted by Gasteiger charge is 2.36. The van der Waals surface area contributed by atoms with Gasteiger partial charge >= 0.3 is 6.18 Å². The fraction of sp³-hybridized carbons (Fsp3) is 0.441. The number of hydrogen-bond donors (Lipinski definition) is 3. The van der Waals surface area contributed by atoms with Crippen molar-refractivity contribution in [2.45, 2.75) is 51.8 Å². The van der Waals surface area contributed by atoms with E-state index in [-0.39, 0.29) is 67.0 Å². The highest BCUT2D eigenvalue weighted by Crippen LogP contribution is 2.38. The third kappa shape index (κ3) is 9.27. The summed E-state index contributed by atoms with van der Waals surface area (Å²) in [7, 11) is -1.96. The number of amides is 2. The van der Waals surface area contributed by atoms with Crippen LogP contribution < -0.4 is 25.4 Å². The van der Waals surface area contributed by atoms with Crippen molar-refractivity contribution < 1.29 is 40.7 Å². The summed E-state index contributed by atoms with van der Waals surface area (Å²) in [6.45, 7) is 7.91. The van der Waals surface area contributed by atoms with Crippen molar-refractivity contribution in [2.75, 3.05) is 55.5 Å². The van der Waals surface area contributed by atoms with Gasteiger partial charge in [0.05, 0.1) is 30.4 Å². The van der Waals surface area contributed by atoms with Crippen LogP contribution in [0.4, 0.5) is 42.0 Å². The van der Waals surface area contributed by atoms with Gasteiger partial charge in [0.2, 0.25) is 21.9 Å². The van der Waals surface area contributed by atoms with E-state index in [2.05, 4.69) is 37.5 Å². The summed E-state index contributed by atoms with van der Waals surface area (Å²) >= 11 is 0. The molecule has 2 aromatic heterocycles. The van der Waals surface area contributed by atoms with E-state index >= 15 is 0 Å². The predicted molar refractivity (Wildman–Crippen MR) is 188 cm³/mol. The maximum atomic E-state index is 14.2.